The first-order valence-electron chi connectivity index (χ1n) is 8.68. The first-order valence-corrected chi connectivity index (χ1v) is 8.68. The summed E-state index contributed by atoms with van der Waals surface area (Å²) in [7, 11) is 0. The van der Waals surface area contributed by atoms with Crippen LogP contribution in [-0.2, 0) is 12.0 Å². The molecule has 0 N–H and O–H groups in total. The molecule has 124 valence electrons. The van der Waals surface area contributed by atoms with E-state index in [0.717, 1.165) is 37.8 Å². The molecule has 0 unspecified atom stereocenters. The highest BCUT2D eigenvalue weighted by atomic mass is 16.4. The zero-order valence-electron chi connectivity index (χ0n) is 14.0. The molecule has 23 heavy (non-hydrogen) atoms. The highest BCUT2D eigenvalue weighted by Crippen LogP contribution is 2.49. The van der Waals surface area contributed by atoms with Gasteiger partial charge < -0.3 is 13.9 Å². The Kier molecular flexibility index (Phi) is 3.71. The Morgan fingerprint density at radius 2 is 2.22 bits per heavy atom. The average Bonchev–Trinajstić information content (AvgIpc) is 3.24. The zero-order valence-corrected chi connectivity index (χ0v) is 14.0. The number of rotatable bonds is 5. The number of hydrogen-bond acceptors (Lipinski definition) is 5. The van der Waals surface area contributed by atoms with Gasteiger partial charge in [0, 0.05) is 39.0 Å². The van der Waals surface area contributed by atoms with Gasteiger partial charge in [-0.05, 0) is 38.6 Å². The Bertz CT molecular complexity index is 678. The number of likely N-dealkylation sites (tertiary alicyclic amines) is 1. The summed E-state index contributed by atoms with van der Waals surface area (Å²) < 4.78 is 8.07. The van der Waals surface area contributed by atoms with Gasteiger partial charge in [0.05, 0.1) is 5.41 Å². The minimum absolute atomic E-state index is 0.117. The molecule has 2 aromatic heterocycles. The maximum Gasteiger partial charge on any atom is 0.224 e. The minimum atomic E-state index is 0.117. The van der Waals surface area contributed by atoms with Crippen molar-refractivity contribution in [1.29, 1.82) is 0 Å². The lowest BCUT2D eigenvalue weighted by molar-refractivity contribution is 0.265. The molecular weight excluding hydrogens is 290 g/mol. The summed E-state index contributed by atoms with van der Waals surface area (Å²) in [5, 5.41) is 8.44. The van der Waals surface area contributed by atoms with E-state index in [-0.39, 0.29) is 5.41 Å². The van der Waals surface area contributed by atoms with Crippen LogP contribution in [0, 0.1) is 19.8 Å². The van der Waals surface area contributed by atoms with Crippen LogP contribution in [0.25, 0.3) is 0 Å². The molecule has 6 nitrogen and oxygen atoms in total. The van der Waals surface area contributed by atoms with Crippen LogP contribution in [0.3, 0.4) is 0 Å². The molecule has 0 bridgehead atoms. The standard InChI is InChI=1S/C17H25N5O/c1-13-18-7-10-22(13)9-4-8-21-11-15-5-3-6-17(15,12-21)16-20-19-14(2)23-16/h7,10,15H,3-6,8-9,11-12H2,1-2H3/t15-,17-/m0/s1. The van der Waals surface area contributed by atoms with E-state index in [9.17, 15) is 0 Å². The lowest BCUT2D eigenvalue weighted by atomic mass is 9.80. The van der Waals surface area contributed by atoms with Crippen LogP contribution in [-0.4, -0.2) is 44.3 Å². The highest BCUT2D eigenvalue weighted by Gasteiger charge is 2.53. The molecule has 1 saturated heterocycles. The summed E-state index contributed by atoms with van der Waals surface area (Å²) in [6.45, 7) is 8.36. The van der Waals surface area contributed by atoms with Gasteiger partial charge in [0.25, 0.3) is 0 Å². The second kappa shape index (κ2) is 5.74. The number of nitrogens with zero attached hydrogens (tertiary/aromatic N) is 5. The molecule has 3 heterocycles. The molecule has 0 aromatic carbocycles. The predicted octanol–water partition coefficient (Wildman–Crippen LogP) is 2.33. The highest BCUT2D eigenvalue weighted by molar-refractivity contribution is 5.16. The second-order valence-electron chi connectivity index (χ2n) is 7.13. The Morgan fingerprint density at radius 1 is 1.30 bits per heavy atom. The molecule has 4 rings (SSSR count). The van der Waals surface area contributed by atoms with Crippen molar-refractivity contribution in [1.82, 2.24) is 24.6 Å². The molecule has 2 aromatic rings. The smallest absolute Gasteiger partial charge is 0.224 e. The molecule has 1 saturated carbocycles. The van der Waals surface area contributed by atoms with Crippen molar-refractivity contribution in [2.75, 3.05) is 19.6 Å². The maximum absolute atomic E-state index is 5.84. The third-order valence-corrected chi connectivity index (χ3v) is 5.69. The summed E-state index contributed by atoms with van der Waals surface area (Å²) in [5.41, 5.74) is 0.117. The average molecular weight is 315 g/mol. The fourth-order valence-corrected chi connectivity index (χ4v) is 4.52. The number of aryl methyl sites for hydroxylation is 3. The summed E-state index contributed by atoms with van der Waals surface area (Å²) in [6.07, 6.45) is 8.87. The van der Waals surface area contributed by atoms with Crippen LogP contribution in [0.4, 0.5) is 0 Å². The molecule has 6 heteroatoms. The molecule has 1 aliphatic carbocycles. The largest absolute Gasteiger partial charge is 0.425 e. The van der Waals surface area contributed by atoms with E-state index < -0.39 is 0 Å². The Balaban J connectivity index is 1.40. The van der Waals surface area contributed by atoms with Gasteiger partial charge in [-0.25, -0.2) is 4.98 Å². The summed E-state index contributed by atoms with van der Waals surface area (Å²) in [6, 6.07) is 0. The normalized spacial score (nSPS) is 27.7. The molecule has 2 fully saturated rings. The van der Waals surface area contributed by atoms with Gasteiger partial charge in [0.1, 0.15) is 5.82 Å². The van der Waals surface area contributed by atoms with Crippen LogP contribution in [0.2, 0.25) is 0 Å². The molecule has 2 atom stereocenters. The van der Waals surface area contributed by atoms with Crippen LogP contribution >= 0.6 is 0 Å². The fraction of sp³-hybridized carbons (Fsp3) is 0.706. The van der Waals surface area contributed by atoms with E-state index in [1.54, 1.807) is 0 Å². The third kappa shape index (κ3) is 2.59. The number of aromatic nitrogens is 4. The van der Waals surface area contributed by atoms with Crippen molar-refractivity contribution in [3.8, 4) is 0 Å². The van der Waals surface area contributed by atoms with Crippen LogP contribution in [0.15, 0.2) is 16.8 Å². The Morgan fingerprint density at radius 3 is 2.96 bits per heavy atom. The monoisotopic (exact) mass is 315 g/mol. The maximum atomic E-state index is 5.84. The van der Waals surface area contributed by atoms with E-state index in [1.807, 2.05) is 13.1 Å². The summed E-state index contributed by atoms with van der Waals surface area (Å²) >= 11 is 0. The lowest BCUT2D eigenvalue weighted by Crippen LogP contribution is -2.32. The number of fused-ring (bicyclic) bond motifs is 1. The minimum Gasteiger partial charge on any atom is -0.425 e. The van der Waals surface area contributed by atoms with Gasteiger partial charge in [-0.2, -0.15) is 0 Å². The van der Waals surface area contributed by atoms with Crippen molar-refractivity contribution in [3.63, 3.8) is 0 Å². The van der Waals surface area contributed by atoms with E-state index >= 15 is 0 Å². The van der Waals surface area contributed by atoms with Crippen molar-refractivity contribution in [3.05, 3.63) is 30.0 Å². The number of imidazole rings is 1. The lowest BCUT2D eigenvalue weighted by Gasteiger charge is -2.24. The van der Waals surface area contributed by atoms with Crippen LogP contribution in [0.1, 0.15) is 43.3 Å². The van der Waals surface area contributed by atoms with Gasteiger partial charge in [0.2, 0.25) is 11.8 Å². The fourth-order valence-electron chi connectivity index (χ4n) is 4.52. The van der Waals surface area contributed by atoms with Crippen molar-refractivity contribution in [2.24, 2.45) is 5.92 Å². The molecular formula is C17H25N5O. The van der Waals surface area contributed by atoms with Crippen LogP contribution in [0.5, 0.6) is 0 Å². The molecule has 0 amide bonds. The molecule has 2 aliphatic rings. The van der Waals surface area contributed by atoms with Crippen molar-refractivity contribution >= 4 is 0 Å². The van der Waals surface area contributed by atoms with E-state index in [2.05, 4.69) is 37.8 Å². The van der Waals surface area contributed by atoms with E-state index in [0.29, 0.717) is 11.8 Å². The van der Waals surface area contributed by atoms with Gasteiger partial charge in [-0.15, -0.1) is 10.2 Å². The predicted molar refractivity (Wildman–Crippen MR) is 86.1 cm³/mol. The van der Waals surface area contributed by atoms with Gasteiger partial charge in [0.15, 0.2) is 0 Å². The van der Waals surface area contributed by atoms with E-state index in [4.69, 9.17) is 4.42 Å². The Labute approximate surface area is 136 Å². The molecule has 0 spiro atoms. The summed E-state index contributed by atoms with van der Waals surface area (Å²) in [4.78, 5) is 6.88. The Hall–Kier alpha value is -1.69. The second-order valence-corrected chi connectivity index (χ2v) is 7.13. The van der Waals surface area contributed by atoms with Crippen LogP contribution < -0.4 is 0 Å². The molecule has 0 radical (unpaired) electrons. The number of hydrogen-bond donors (Lipinski definition) is 0. The SMILES string of the molecule is Cc1nnc([C@]23CCC[C@H]2CN(CCCn2ccnc2C)C3)o1. The first kappa shape index (κ1) is 14.9. The third-order valence-electron chi connectivity index (χ3n) is 5.69. The quantitative estimate of drug-likeness (QED) is 0.847. The van der Waals surface area contributed by atoms with Gasteiger partial charge in [-0.1, -0.05) is 6.42 Å². The van der Waals surface area contributed by atoms with E-state index in [1.165, 1.54) is 25.8 Å². The first-order chi connectivity index (χ1) is 11.2. The van der Waals surface area contributed by atoms with Crippen molar-refractivity contribution < 1.29 is 4.42 Å². The van der Waals surface area contributed by atoms with Crippen molar-refractivity contribution in [2.45, 2.75) is 51.5 Å². The molecule has 1 aliphatic heterocycles. The summed E-state index contributed by atoms with van der Waals surface area (Å²) in [5.74, 6) is 3.35. The van der Waals surface area contributed by atoms with Gasteiger partial charge in [-0.3, -0.25) is 0 Å². The zero-order chi connectivity index (χ0) is 15.9. The topological polar surface area (TPSA) is 60.0 Å². The van der Waals surface area contributed by atoms with Gasteiger partial charge >= 0.3 is 0 Å².